The molecule has 0 unspecified atom stereocenters. The first-order chi connectivity index (χ1) is 3.50. The van der Waals surface area contributed by atoms with E-state index in [4.69, 9.17) is 4.18 Å². The predicted octanol–water partition coefficient (Wildman–Crippen LogP) is 1.15. The van der Waals surface area contributed by atoms with Crippen LogP contribution in [0.5, 0.6) is 0 Å². The first kappa shape index (κ1) is 8.27. The van der Waals surface area contributed by atoms with E-state index in [0.717, 1.165) is 0 Å². The van der Waals surface area contributed by atoms with Gasteiger partial charge >= 0.3 is 0 Å². The molecule has 0 bridgehead atoms. The summed E-state index contributed by atoms with van der Waals surface area (Å²) in [5, 5.41) is 0. The Bertz CT molecular complexity index is 72.8. The molecule has 0 aromatic carbocycles. The number of rotatable bonds is 2. The Hall–Kier alpha value is 0.270. The van der Waals surface area contributed by atoms with Crippen molar-refractivity contribution in [2.24, 2.45) is 0 Å². The fraction of sp³-hybridized carbons (Fsp3) is 1.00. The smallest absolute Gasteiger partial charge is 0.129 e. The van der Waals surface area contributed by atoms with Crippen LogP contribution in [0.3, 0.4) is 0 Å². The average Bonchev–Trinajstić information content (AvgIpc) is 1.67. The molecule has 0 N–H and O–H groups in total. The van der Waals surface area contributed by atoms with E-state index in [9.17, 15) is 0 Å². The van der Waals surface area contributed by atoms with Crippen LogP contribution in [-0.4, -0.2) is 24.7 Å². The standard InChI is InChI=1S/C5H13NOS/c1-5(2,7-8)6(3)4/h8H,1-4H3. The lowest BCUT2D eigenvalue weighted by molar-refractivity contribution is -0.00334. The highest BCUT2D eigenvalue weighted by Gasteiger charge is 2.18. The van der Waals surface area contributed by atoms with Crippen LogP contribution in [0.25, 0.3) is 0 Å². The minimum Gasteiger partial charge on any atom is -0.297 e. The third-order valence-electron chi connectivity index (χ3n) is 1.30. The summed E-state index contributed by atoms with van der Waals surface area (Å²) in [5.41, 5.74) is -0.261. The van der Waals surface area contributed by atoms with Gasteiger partial charge in [0.15, 0.2) is 0 Å². The average molecular weight is 135 g/mol. The van der Waals surface area contributed by atoms with E-state index in [-0.39, 0.29) is 5.72 Å². The summed E-state index contributed by atoms with van der Waals surface area (Å²) in [6, 6.07) is 0. The van der Waals surface area contributed by atoms with Gasteiger partial charge in [-0.25, -0.2) is 0 Å². The summed E-state index contributed by atoms with van der Waals surface area (Å²) in [7, 11) is 3.88. The molecule has 0 rings (SSSR count). The Morgan fingerprint density at radius 1 is 1.38 bits per heavy atom. The van der Waals surface area contributed by atoms with E-state index in [1.54, 1.807) is 0 Å². The third kappa shape index (κ3) is 2.03. The van der Waals surface area contributed by atoms with Gasteiger partial charge < -0.3 is 0 Å². The summed E-state index contributed by atoms with van der Waals surface area (Å²) in [6.07, 6.45) is 0. The molecule has 0 aromatic rings. The van der Waals surface area contributed by atoms with Crippen molar-refractivity contribution in [2.45, 2.75) is 19.6 Å². The van der Waals surface area contributed by atoms with Crippen molar-refractivity contribution in [1.29, 1.82) is 0 Å². The van der Waals surface area contributed by atoms with Crippen molar-refractivity contribution in [3.8, 4) is 0 Å². The molecular formula is C5H13NOS. The topological polar surface area (TPSA) is 12.5 Å². The van der Waals surface area contributed by atoms with Crippen molar-refractivity contribution in [3.05, 3.63) is 0 Å². The Morgan fingerprint density at radius 2 is 1.75 bits per heavy atom. The van der Waals surface area contributed by atoms with Crippen LogP contribution in [0.15, 0.2) is 0 Å². The summed E-state index contributed by atoms with van der Waals surface area (Å²) in [6.45, 7) is 3.89. The summed E-state index contributed by atoms with van der Waals surface area (Å²) in [4.78, 5) is 1.94. The molecule has 0 saturated carbocycles. The first-order valence-corrected chi connectivity index (χ1v) is 2.87. The van der Waals surface area contributed by atoms with Crippen LogP contribution in [0.4, 0.5) is 0 Å². The summed E-state index contributed by atoms with van der Waals surface area (Å²) < 4.78 is 4.82. The van der Waals surface area contributed by atoms with E-state index >= 15 is 0 Å². The van der Waals surface area contributed by atoms with Gasteiger partial charge in [0.1, 0.15) is 5.72 Å². The highest BCUT2D eigenvalue weighted by molar-refractivity contribution is 7.75. The van der Waals surface area contributed by atoms with E-state index in [1.807, 2.05) is 32.8 Å². The van der Waals surface area contributed by atoms with Gasteiger partial charge in [0.25, 0.3) is 0 Å². The van der Waals surface area contributed by atoms with Crippen LogP contribution in [0.1, 0.15) is 13.8 Å². The molecular weight excluding hydrogens is 122 g/mol. The van der Waals surface area contributed by atoms with Gasteiger partial charge in [-0.3, -0.25) is 9.08 Å². The number of hydrogen-bond donors (Lipinski definition) is 1. The van der Waals surface area contributed by atoms with Crippen molar-refractivity contribution in [3.63, 3.8) is 0 Å². The normalized spacial score (nSPS) is 12.8. The molecule has 8 heavy (non-hydrogen) atoms. The molecule has 0 radical (unpaired) electrons. The van der Waals surface area contributed by atoms with Crippen molar-refractivity contribution in [1.82, 2.24) is 4.90 Å². The van der Waals surface area contributed by atoms with Crippen molar-refractivity contribution in [2.75, 3.05) is 14.1 Å². The van der Waals surface area contributed by atoms with Crippen LogP contribution >= 0.6 is 12.9 Å². The number of nitrogens with zero attached hydrogens (tertiary/aromatic N) is 1. The second-order valence-electron chi connectivity index (χ2n) is 2.43. The Morgan fingerprint density at radius 3 is 1.75 bits per heavy atom. The molecule has 0 spiro atoms. The molecule has 0 amide bonds. The number of thiol groups is 1. The van der Waals surface area contributed by atoms with Crippen LogP contribution < -0.4 is 0 Å². The van der Waals surface area contributed by atoms with Gasteiger partial charge in [-0.15, -0.1) is 0 Å². The summed E-state index contributed by atoms with van der Waals surface area (Å²) in [5.74, 6) is 0. The lowest BCUT2D eigenvalue weighted by Crippen LogP contribution is -2.38. The SMILES string of the molecule is CN(C)C(C)(C)OS. The minimum atomic E-state index is -0.261. The quantitative estimate of drug-likeness (QED) is 0.346. The monoisotopic (exact) mass is 135 g/mol. The lowest BCUT2D eigenvalue weighted by atomic mass is 10.3. The molecule has 0 atom stereocenters. The molecule has 0 aliphatic carbocycles. The molecule has 0 heterocycles. The second-order valence-corrected chi connectivity index (χ2v) is 2.62. The maximum absolute atomic E-state index is 4.82. The number of hydrogen-bond acceptors (Lipinski definition) is 3. The maximum Gasteiger partial charge on any atom is 0.129 e. The zero-order valence-corrected chi connectivity index (χ0v) is 6.70. The Labute approximate surface area is 56.4 Å². The zero-order chi connectivity index (χ0) is 6.78. The molecule has 0 saturated heterocycles. The molecule has 0 aliphatic heterocycles. The second kappa shape index (κ2) is 2.71. The summed E-state index contributed by atoms with van der Waals surface area (Å²) >= 11 is 3.70. The minimum absolute atomic E-state index is 0.261. The van der Waals surface area contributed by atoms with Crippen LogP contribution in [-0.2, 0) is 4.18 Å². The fourth-order valence-corrected chi connectivity index (χ4v) is 0.245. The largest absolute Gasteiger partial charge is 0.297 e. The van der Waals surface area contributed by atoms with Crippen molar-refractivity contribution < 1.29 is 4.18 Å². The zero-order valence-electron chi connectivity index (χ0n) is 5.80. The molecule has 50 valence electrons. The predicted molar refractivity (Wildman–Crippen MR) is 37.8 cm³/mol. The highest BCUT2D eigenvalue weighted by atomic mass is 32.1. The van der Waals surface area contributed by atoms with E-state index in [0.29, 0.717) is 0 Å². The highest BCUT2D eigenvalue weighted by Crippen LogP contribution is 2.12. The van der Waals surface area contributed by atoms with Gasteiger partial charge in [-0.1, -0.05) is 0 Å². The molecule has 0 aliphatic rings. The first-order valence-electron chi connectivity index (χ1n) is 2.50. The molecule has 2 nitrogen and oxygen atoms in total. The van der Waals surface area contributed by atoms with Crippen LogP contribution in [0, 0.1) is 0 Å². The maximum atomic E-state index is 4.82. The Balaban J connectivity index is 3.71. The third-order valence-corrected chi connectivity index (χ3v) is 1.75. The lowest BCUT2D eigenvalue weighted by Gasteiger charge is -2.29. The van der Waals surface area contributed by atoms with Crippen molar-refractivity contribution >= 4 is 12.9 Å². The van der Waals surface area contributed by atoms with E-state index in [2.05, 4.69) is 12.9 Å². The Kier molecular flexibility index (Phi) is 2.80. The van der Waals surface area contributed by atoms with Gasteiger partial charge in [0.05, 0.1) is 0 Å². The van der Waals surface area contributed by atoms with E-state index in [1.165, 1.54) is 0 Å². The van der Waals surface area contributed by atoms with Gasteiger partial charge in [0.2, 0.25) is 0 Å². The molecule has 3 heteroatoms. The fourth-order valence-electron chi connectivity index (χ4n) is 0.0816. The van der Waals surface area contributed by atoms with Gasteiger partial charge in [0, 0.05) is 0 Å². The van der Waals surface area contributed by atoms with E-state index < -0.39 is 0 Å². The van der Waals surface area contributed by atoms with Gasteiger partial charge in [-0.05, 0) is 40.9 Å². The molecule has 0 fully saturated rings. The molecule has 0 aromatic heterocycles. The van der Waals surface area contributed by atoms with Crippen LogP contribution in [0.2, 0.25) is 0 Å². The van der Waals surface area contributed by atoms with Gasteiger partial charge in [-0.2, -0.15) is 0 Å².